The average molecular weight is 344 g/mol. The van der Waals surface area contributed by atoms with Gasteiger partial charge in [-0.1, -0.05) is 12.1 Å². The van der Waals surface area contributed by atoms with Gasteiger partial charge in [0.1, 0.15) is 5.82 Å². The Bertz CT molecular complexity index is 526. The van der Waals surface area contributed by atoms with Gasteiger partial charge < -0.3 is 15.0 Å². The Balaban J connectivity index is 0.00000192. The van der Waals surface area contributed by atoms with Gasteiger partial charge in [-0.25, -0.2) is 4.39 Å². The summed E-state index contributed by atoms with van der Waals surface area (Å²) in [5.41, 5.74) is 0.918. The van der Waals surface area contributed by atoms with Crippen LogP contribution in [0, 0.1) is 5.82 Å². The first kappa shape index (κ1) is 18.1. The second-order valence-electron chi connectivity index (χ2n) is 5.74. The summed E-state index contributed by atoms with van der Waals surface area (Å²) in [5, 5.41) is 3.33. The first-order valence-corrected chi connectivity index (χ1v) is 7.80. The number of benzene rings is 1. The minimum absolute atomic E-state index is 0. The molecule has 0 aliphatic carbocycles. The van der Waals surface area contributed by atoms with Crippen LogP contribution in [0.25, 0.3) is 0 Å². The second-order valence-corrected chi connectivity index (χ2v) is 5.74. The highest BCUT2D eigenvalue weighted by molar-refractivity contribution is 5.85. The van der Waals surface area contributed by atoms with Crippen LogP contribution in [0.2, 0.25) is 0 Å². The van der Waals surface area contributed by atoms with Crippen molar-refractivity contribution >= 4 is 18.3 Å². The van der Waals surface area contributed by atoms with E-state index in [1.165, 1.54) is 6.07 Å². The number of amides is 1. The van der Waals surface area contributed by atoms with Crippen molar-refractivity contribution in [2.24, 2.45) is 0 Å². The van der Waals surface area contributed by atoms with Gasteiger partial charge in [0.05, 0.1) is 19.8 Å². The Morgan fingerprint density at radius 2 is 2.09 bits per heavy atom. The third kappa shape index (κ3) is 4.64. The maximum absolute atomic E-state index is 13.5. The standard InChI is InChI=1S/C16H22FN3O2.ClH/c17-14-3-1-2-13(10-14)15-11-18-4-5-20(15)12-16(21)19-6-8-22-9-7-19;/h1-3,10,15,18H,4-9,11-12H2;1H. The molecule has 1 aromatic rings. The fourth-order valence-electron chi connectivity index (χ4n) is 3.06. The first-order chi connectivity index (χ1) is 10.7. The number of carbonyl (C=O) groups excluding carboxylic acids is 1. The Kier molecular flexibility index (Phi) is 6.77. The van der Waals surface area contributed by atoms with Crippen LogP contribution < -0.4 is 5.32 Å². The van der Waals surface area contributed by atoms with Crippen molar-refractivity contribution in [3.8, 4) is 0 Å². The first-order valence-electron chi connectivity index (χ1n) is 7.80. The minimum Gasteiger partial charge on any atom is -0.378 e. The SMILES string of the molecule is Cl.O=C(CN1CCNCC1c1cccc(F)c1)N1CCOCC1. The van der Waals surface area contributed by atoms with Crippen LogP contribution in [-0.2, 0) is 9.53 Å². The zero-order chi connectivity index (χ0) is 15.4. The van der Waals surface area contributed by atoms with Gasteiger partial charge in [-0.15, -0.1) is 12.4 Å². The van der Waals surface area contributed by atoms with E-state index < -0.39 is 0 Å². The number of hydrogen-bond donors (Lipinski definition) is 1. The van der Waals surface area contributed by atoms with Gasteiger partial charge in [0, 0.05) is 38.8 Å². The molecule has 2 aliphatic rings. The molecule has 1 amide bonds. The van der Waals surface area contributed by atoms with Crippen LogP contribution in [-0.4, -0.2) is 68.2 Å². The molecule has 128 valence electrons. The van der Waals surface area contributed by atoms with E-state index in [2.05, 4.69) is 10.2 Å². The Morgan fingerprint density at radius 3 is 2.83 bits per heavy atom. The normalized spacial score (nSPS) is 22.5. The molecule has 0 radical (unpaired) electrons. The van der Waals surface area contributed by atoms with Gasteiger partial charge in [0.25, 0.3) is 0 Å². The molecule has 2 fully saturated rings. The molecule has 2 saturated heterocycles. The van der Waals surface area contributed by atoms with Gasteiger partial charge >= 0.3 is 0 Å². The van der Waals surface area contributed by atoms with Gasteiger partial charge in [-0.3, -0.25) is 9.69 Å². The van der Waals surface area contributed by atoms with E-state index in [9.17, 15) is 9.18 Å². The summed E-state index contributed by atoms with van der Waals surface area (Å²) >= 11 is 0. The zero-order valence-electron chi connectivity index (χ0n) is 13.0. The van der Waals surface area contributed by atoms with Crippen LogP contribution in [0.15, 0.2) is 24.3 Å². The fraction of sp³-hybridized carbons (Fsp3) is 0.562. The second kappa shape index (κ2) is 8.59. The molecule has 3 rings (SSSR count). The third-order valence-corrected chi connectivity index (χ3v) is 4.29. The summed E-state index contributed by atoms with van der Waals surface area (Å²) < 4.78 is 18.8. The Hall–Kier alpha value is -1.21. The molecule has 1 aromatic carbocycles. The molecule has 0 spiro atoms. The Labute approximate surface area is 142 Å². The smallest absolute Gasteiger partial charge is 0.236 e. The largest absolute Gasteiger partial charge is 0.378 e. The van der Waals surface area contributed by atoms with Gasteiger partial charge in [0.15, 0.2) is 0 Å². The van der Waals surface area contributed by atoms with Crippen LogP contribution in [0.1, 0.15) is 11.6 Å². The molecule has 0 saturated carbocycles. The number of hydrogen-bond acceptors (Lipinski definition) is 4. The lowest BCUT2D eigenvalue weighted by Crippen LogP contribution is -2.51. The third-order valence-electron chi connectivity index (χ3n) is 4.29. The summed E-state index contributed by atoms with van der Waals surface area (Å²) in [6.07, 6.45) is 0. The van der Waals surface area contributed by atoms with E-state index in [1.807, 2.05) is 11.0 Å². The lowest BCUT2D eigenvalue weighted by Gasteiger charge is -2.37. The topological polar surface area (TPSA) is 44.8 Å². The van der Waals surface area contributed by atoms with Crippen LogP contribution in [0.5, 0.6) is 0 Å². The monoisotopic (exact) mass is 343 g/mol. The lowest BCUT2D eigenvalue weighted by atomic mass is 10.0. The summed E-state index contributed by atoms with van der Waals surface area (Å²) in [4.78, 5) is 16.4. The molecule has 1 N–H and O–H groups in total. The minimum atomic E-state index is -0.234. The molecule has 0 bridgehead atoms. The van der Waals surface area contributed by atoms with E-state index in [0.717, 1.165) is 25.2 Å². The molecule has 1 unspecified atom stereocenters. The molecule has 2 heterocycles. The molecule has 1 atom stereocenters. The molecule has 23 heavy (non-hydrogen) atoms. The molecule has 0 aromatic heterocycles. The van der Waals surface area contributed by atoms with E-state index in [4.69, 9.17) is 4.74 Å². The van der Waals surface area contributed by atoms with Crippen molar-refractivity contribution in [1.82, 2.24) is 15.1 Å². The van der Waals surface area contributed by atoms with Crippen LogP contribution in [0.4, 0.5) is 4.39 Å². The highest BCUT2D eigenvalue weighted by atomic mass is 35.5. The van der Waals surface area contributed by atoms with Crippen molar-refractivity contribution in [2.75, 3.05) is 52.5 Å². The maximum atomic E-state index is 13.5. The van der Waals surface area contributed by atoms with Crippen molar-refractivity contribution in [3.05, 3.63) is 35.6 Å². The molecule has 2 aliphatic heterocycles. The summed E-state index contributed by atoms with van der Waals surface area (Å²) in [5.74, 6) is -0.103. The molecular weight excluding hydrogens is 321 g/mol. The predicted molar refractivity (Wildman–Crippen MR) is 88.2 cm³/mol. The number of carbonyl (C=O) groups is 1. The van der Waals surface area contributed by atoms with E-state index in [0.29, 0.717) is 32.8 Å². The van der Waals surface area contributed by atoms with Crippen molar-refractivity contribution in [2.45, 2.75) is 6.04 Å². The quantitative estimate of drug-likeness (QED) is 0.891. The number of morpholine rings is 1. The van der Waals surface area contributed by atoms with Crippen molar-refractivity contribution in [1.29, 1.82) is 0 Å². The number of rotatable bonds is 3. The number of halogens is 2. The lowest BCUT2D eigenvalue weighted by molar-refractivity contribution is -0.137. The molecule has 5 nitrogen and oxygen atoms in total. The predicted octanol–water partition coefficient (Wildman–Crippen LogP) is 1.05. The van der Waals surface area contributed by atoms with E-state index in [1.54, 1.807) is 12.1 Å². The maximum Gasteiger partial charge on any atom is 0.236 e. The summed E-state index contributed by atoms with van der Waals surface area (Å²) in [7, 11) is 0. The van der Waals surface area contributed by atoms with Crippen molar-refractivity contribution < 1.29 is 13.9 Å². The number of nitrogens with one attached hydrogen (secondary N) is 1. The number of nitrogens with zero attached hydrogens (tertiary/aromatic N) is 2. The average Bonchev–Trinajstić information content (AvgIpc) is 2.56. The molecular formula is C16H23ClFN3O2. The summed E-state index contributed by atoms with van der Waals surface area (Å²) in [6, 6.07) is 6.69. The fourth-order valence-corrected chi connectivity index (χ4v) is 3.06. The Morgan fingerprint density at radius 1 is 1.30 bits per heavy atom. The van der Waals surface area contributed by atoms with Crippen LogP contribution >= 0.6 is 12.4 Å². The van der Waals surface area contributed by atoms with Gasteiger partial charge in [-0.05, 0) is 17.7 Å². The van der Waals surface area contributed by atoms with Gasteiger partial charge in [0.2, 0.25) is 5.91 Å². The molecule has 7 heteroatoms. The number of piperazine rings is 1. The van der Waals surface area contributed by atoms with Crippen LogP contribution in [0.3, 0.4) is 0 Å². The van der Waals surface area contributed by atoms with Gasteiger partial charge in [-0.2, -0.15) is 0 Å². The highest BCUT2D eigenvalue weighted by Gasteiger charge is 2.27. The van der Waals surface area contributed by atoms with E-state index in [-0.39, 0.29) is 30.2 Å². The summed E-state index contributed by atoms with van der Waals surface area (Å²) in [6.45, 7) is 5.30. The van der Waals surface area contributed by atoms with E-state index >= 15 is 0 Å². The van der Waals surface area contributed by atoms with Crippen molar-refractivity contribution in [3.63, 3.8) is 0 Å². The zero-order valence-corrected chi connectivity index (χ0v) is 13.9. The highest BCUT2D eigenvalue weighted by Crippen LogP contribution is 2.22. The number of ether oxygens (including phenoxy) is 1.